The topological polar surface area (TPSA) is 50.9 Å². The summed E-state index contributed by atoms with van der Waals surface area (Å²) < 4.78 is 2.14. The molecule has 96 valence electrons. The smallest absolute Gasteiger partial charge is 0.158 e. The van der Waals surface area contributed by atoms with Crippen molar-refractivity contribution < 1.29 is 5.11 Å². The highest BCUT2D eigenvalue weighted by atomic mass is 16.3. The van der Waals surface area contributed by atoms with Gasteiger partial charge in [-0.3, -0.25) is 0 Å². The molecule has 0 amide bonds. The predicted molar refractivity (Wildman–Crippen MR) is 66.6 cm³/mol. The Morgan fingerprint density at radius 2 is 1.94 bits per heavy atom. The van der Waals surface area contributed by atoms with E-state index in [1.165, 1.54) is 32.1 Å². The van der Waals surface area contributed by atoms with E-state index in [1.807, 2.05) is 0 Å². The summed E-state index contributed by atoms with van der Waals surface area (Å²) in [7, 11) is 0. The molecule has 4 heteroatoms. The number of aliphatic hydroxyl groups excluding tert-OH is 1. The third-order valence-electron chi connectivity index (χ3n) is 3.52. The van der Waals surface area contributed by atoms with E-state index in [4.69, 9.17) is 0 Å². The predicted octanol–water partition coefficient (Wildman–Crippen LogP) is 2.47. The lowest BCUT2D eigenvalue weighted by Gasteiger charge is -2.22. The lowest BCUT2D eigenvalue weighted by atomic mass is 9.88. The summed E-state index contributed by atoms with van der Waals surface area (Å²) in [5, 5.41) is 17.8. The van der Waals surface area contributed by atoms with Crippen molar-refractivity contribution >= 4 is 0 Å². The molecular formula is C13H23N3O. The highest BCUT2D eigenvalue weighted by Gasteiger charge is 2.23. The molecule has 1 heterocycles. The summed E-state index contributed by atoms with van der Waals surface area (Å²) in [6.45, 7) is 5.28. The van der Waals surface area contributed by atoms with Gasteiger partial charge in [0.2, 0.25) is 0 Å². The van der Waals surface area contributed by atoms with Gasteiger partial charge in [0, 0.05) is 12.5 Å². The van der Waals surface area contributed by atoms with Crippen molar-refractivity contribution in [3.63, 3.8) is 0 Å². The molecule has 0 unspecified atom stereocenters. The Hall–Kier alpha value is -0.900. The monoisotopic (exact) mass is 237 g/mol. The number of nitrogens with zero attached hydrogens (tertiary/aromatic N) is 3. The maximum absolute atomic E-state index is 9.32. The second kappa shape index (κ2) is 5.63. The van der Waals surface area contributed by atoms with Crippen LogP contribution in [0.3, 0.4) is 0 Å². The zero-order chi connectivity index (χ0) is 12.3. The van der Waals surface area contributed by atoms with Crippen LogP contribution in [0.25, 0.3) is 0 Å². The van der Waals surface area contributed by atoms with Gasteiger partial charge in [-0.2, -0.15) is 0 Å². The molecule has 0 saturated heterocycles. The van der Waals surface area contributed by atoms with E-state index in [9.17, 15) is 5.11 Å². The van der Waals surface area contributed by atoms with E-state index >= 15 is 0 Å². The van der Waals surface area contributed by atoms with Crippen molar-refractivity contribution in [3.8, 4) is 0 Å². The van der Waals surface area contributed by atoms with Gasteiger partial charge in [0.25, 0.3) is 0 Å². The molecule has 0 spiro atoms. The third kappa shape index (κ3) is 2.86. The number of aromatic nitrogens is 3. The van der Waals surface area contributed by atoms with Crippen molar-refractivity contribution in [2.24, 2.45) is 5.92 Å². The summed E-state index contributed by atoms with van der Waals surface area (Å²) in [4.78, 5) is 0. The van der Waals surface area contributed by atoms with Crippen molar-refractivity contribution in [1.82, 2.24) is 14.8 Å². The van der Waals surface area contributed by atoms with E-state index in [1.54, 1.807) is 0 Å². The lowest BCUT2D eigenvalue weighted by Crippen LogP contribution is -2.16. The van der Waals surface area contributed by atoms with E-state index in [0.29, 0.717) is 11.8 Å². The van der Waals surface area contributed by atoms with E-state index in [2.05, 4.69) is 28.6 Å². The second-order valence-corrected chi connectivity index (χ2v) is 5.47. The summed E-state index contributed by atoms with van der Waals surface area (Å²) in [5.74, 6) is 2.93. The van der Waals surface area contributed by atoms with Gasteiger partial charge in [0.15, 0.2) is 5.82 Å². The van der Waals surface area contributed by atoms with Crippen LogP contribution < -0.4 is 0 Å². The highest BCUT2D eigenvalue weighted by molar-refractivity contribution is 5.03. The minimum Gasteiger partial charge on any atom is -0.388 e. The van der Waals surface area contributed by atoms with Crippen LogP contribution in [0.1, 0.15) is 63.5 Å². The second-order valence-electron chi connectivity index (χ2n) is 5.47. The first-order valence-corrected chi connectivity index (χ1v) is 6.75. The zero-order valence-corrected chi connectivity index (χ0v) is 10.9. The standard InChI is InChI=1S/C13H23N3O/c1-10(2)8-16-12(9-17)14-15-13(16)11-6-4-3-5-7-11/h10-11,17H,3-9H2,1-2H3. The molecule has 0 aromatic carbocycles. The van der Waals surface area contributed by atoms with Crippen LogP contribution in [0.2, 0.25) is 0 Å². The van der Waals surface area contributed by atoms with Crippen molar-refractivity contribution in [2.75, 3.05) is 0 Å². The molecule has 0 aliphatic heterocycles. The Morgan fingerprint density at radius 1 is 1.24 bits per heavy atom. The molecule has 2 rings (SSSR count). The number of hydrogen-bond donors (Lipinski definition) is 1. The normalized spacial score (nSPS) is 17.9. The van der Waals surface area contributed by atoms with Crippen LogP contribution in [-0.2, 0) is 13.2 Å². The van der Waals surface area contributed by atoms with E-state index < -0.39 is 0 Å². The lowest BCUT2D eigenvalue weighted by molar-refractivity contribution is 0.260. The summed E-state index contributed by atoms with van der Waals surface area (Å²) >= 11 is 0. The molecule has 1 saturated carbocycles. The Kier molecular flexibility index (Phi) is 4.15. The Morgan fingerprint density at radius 3 is 2.53 bits per heavy atom. The van der Waals surface area contributed by atoms with Crippen LogP contribution in [0, 0.1) is 5.92 Å². The molecule has 0 bridgehead atoms. The number of hydrogen-bond acceptors (Lipinski definition) is 3. The van der Waals surface area contributed by atoms with Gasteiger partial charge >= 0.3 is 0 Å². The minimum atomic E-state index is -0.00750. The zero-order valence-electron chi connectivity index (χ0n) is 10.9. The molecule has 1 aromatic heterocycles. The van der Waals surface area contributed by atoms with Crippen molar-refractivity contribution in [1.29, 1.82) is 0 Å². The van der Waals surface area contributed by atoms with Gasteiger partial charge in [-0.05, 0) is 18.8 Å². The van der Waals surface area contributed by atoms with Crippen LogP contribution in [0.5, 0.6) is 0 Å². The van der Waals surface area contributed by atoms with Crippen LogP contribution >= 0.6 is 0 Å². The minimum absolute atomic E-state index is 0.00750. The third-order valence-corrected chi connectivity index (χ3v) is 3.52. The van der Waals surface area contributed by atoms with Gasteiger partial charge in [-0.15, -0.1) is 10.2 Å². The molecule has 0 radical (unpaired) electrons. The Labute approximate surface area is 103 Å². The highest BCUT2D eigenvalue weighted by Crippen LogP contribution is 2.32. The first-order valence-electron chi connectivity index (χ1n) is 6.75. The maximum Gasteiger partial charge on any atom is 0.158 e. The fourth-order valence-electron chi connectivity index (χ4n) is 2.69. The molecule has 4 nitrogen and oxygen atoms in total. The van der Waals surface area contributed by atoms with Crippen LogP contribution in [0.15, 0.2) is 0 Å². The van der Waals surface area contributed by atoms with Gasteiger partial charge in [-0.25, -0.2) is 0 Å². The molecule has 1 aliphatic rings. The fourth-order valence-corrected chi connectivity index (χ4v) is 2.69. The van der Waals surface area contributed by atoms with Gasteiger partial charge in [0.05, 0.1) is 0 Å². The van der Waals surface area contributed by atoms with Crippen LogP contribution in [-0.4, -0.2) is 19.9 Å². The molecule has 1 aromatic rings. The molecule has 1 fully saturated rings. The average Bonchev–Trinajstić information content (AvgIpc) is 2.72. The first-order chi connectivity index (χ1) is 8.22. The largest absolute Gasteiger partial charge is 0.388 e. The Bertz CT molecular complexity index is 354. The van der Waals surface area contributed by atoms with Crippen molar-refractivity contribution in [2.45, 2.75) is 65.0 Å². The summed E-state index contributed by atoms with van der Waals surface area (Å²) in [6.07, 6.45) is 6.40. The maximum atomic E-state index is 9.32. The summed E-state index contributed by atoms with van der Waals surface area (Å²) in [5.41, 5.74) is 0. The Balaban J connectivity index is 2.22. The summed E-state index contributed by atoms with van der Waals surface area (Å²) in [6, 6.07) is 0. The van der Waals surface area contributed by atoms with E-state index in [0.717, 1.165) is 18.2 Å². The molecule has 1 aliphatic carbocycles. The van der Waals surface area contributed by atoms with E-state index in [-0.39, 0.29) is 6.61 Å². The number of aliphatic hydroxyl groups is 1. The van der Waals surface area contributed by atoms with Gasteiger partial charge in [0.1, 0.15) is 12.4 Å². The molecule has 17 heavy (non-hydrogen) atoms. The quantitative estimate of drug-likeness (QED) is 0.875. The molecular weight excluding hydrogens is 214 g/mol. The number of rotatable bonds is 4. The molecule has 0 atom stereocenters. The SMILES string of the molecule is CC(C)Cn1c(CO)nnc1C1CCCCC1. The average molecular weight is 237 g/mol. The van der Waals surface area contributed by atoms with Crippen molar-refractivity contribution in [3.05, 3.63) is 11.6 Å². The van der Waals surface area contributed by atoms with Crippen LogP contribution in [0.4, 0.5) is 0 Å². The van der Waals surface area contributed by atoms with Gasteiger partial charge in [-0.1, -0.05) is 33.1 Å². The van der Waals surface area contributed by atoms with Gasteiger partial charge < -0.3 is 9.67 Å². The fraction of sp³-hybridized carbons (Fsp3) is 0.846. The molecule has 1 N–H and O–H groups in total. The first kappa shape index (κ1) is 12.6.